The molecular weight excluding hydrogens is 254 g/mol. The maximum Gasteiger partial charge on any atom is 0.305 e. The van der Waals surface area contributed by atoms with E-state index in [-0.39, 0.29) is 5.97 Å². The van der Waals surface area contributed by atoms with Gasteiger partial charge in [0.05, 0.1) is 12.1 Å². The molecule has 106 valence electrons. The lowest BCUT2D eigenvalue weighted by molar-refractivity contribution is -0.143. The highest BCUT2D eigenvalue weighted by Gasteiger charge is 2.02. The van der Waals surface area contributed by atoms with Crippen LogP contribution in [0.1, 0.15) is 19.8 Å². The number of esters is 1. The summed E-state index contributed by atoms with van der Waals surface area (Å²) >= 11 is 0. The second kappa shape index (κ2) is 6.75. The molecule has 0 atom stereocenters. The van der Waals surface area contributed by atoms with Crippen LogP contribution in [0.5, 0.6) is 0 Å². The van der Waals surface area contributed by atoms with Gasteiger partial charge >= 0.3 is 5.97 Å². The fraction of sp³-hybridized carbons (Fsp3) is 0.333. The Balaban J connectivity index is 1.87. The van der Waals surface area contributed by atoms with Crippen molar-refractivity contribution in [1.29, 1.82) is 0 Å². The van der Waals surface area contributed by atoms with Gasteiger partial charge in [-0.1, -0.05) is 0 Å². The molecule has 5 nitrogen and oxygen atoms in total. The fourth-order valence-electron chi connectivity index (χ4n) is 1.92. The molecule has 0 fully saturated rings. The summed E-state index contributed by atoms with van der Waals surface area (Å²) < 4.78 is 4.87. The Morgan fingerprint density at radius 3 is 3.00 bits per heavy atom. The second-order valence-electron chi connectivity index (χ2n) is 4.48. The second-order valence-corrected chi connectivity index (χ2v) is 4.48. The minimum Gasteiger partial charge on any atom is -0.466 e. The van der Waals surface area contributed by atoms with Crippen LogP contribution >= 0.6 is 0 Å². The van der Waals surface area contributed by atoms with Crippen molar-refractivity contribution in [1.82, 2.24) is 4.98 Å². The van der Waals surface area contributed by atoms with Gasteiger partial charge in [-0.05, 0) is 43.7 Å². The van der Waals surface area contributed by atoms with Crippen LogP contribution in [0.2, 0.25) is 0 Å². The topological polar surface area (TPSA) is 77.2 Å². The standard InChI is InChI=1S/C15H19N3O2/c1-2-20-15(19)4-3-9-17-14-8-5-11-10-12(16)6-7-13(11)18-14/h5-8,10H,2-4,9,16H2,1H3,(H,17,18). The number of hydrogen-bond donors (Lipinski definition) is 2. The molecule has 1 aromatic carbocycles. The van der Waals surface area contributed by atoms with Gasteiger partial charge in [0, 0.05) is 24.0 Å². The van der Waals surface area contributed by atoms with Crippen molar-refractivity contribution in [2.45, 2.75) is 19.8 Å². The van der Waals surface area contributed by atoms with Crippen LogP contribution in [0.3, 0.4) is 0 Å². The number of pyridine rings is 1. The number of fused-ring (bicyclic) bond motifs is 1. The predicted octanol–water partition coefficient (Wildman–Crippen LogP) is 2.57. The zero-order valence-corrected chi connectivity index (χ0v) is 11.6. The lowest BCUT2D eigenvalue weighted by Gasteiger charge is -2.07. The molecule has 0 radical (unpaired) electrons. The minimum absolute atomic E-state index is 0.156. The first-order valence-corrected chi connectivity index (χ1v) is 6.75. The highest BCUT2D eigenvalue weighted by atomic mass is 16.5. The summed E-state index contributed by atoms with van der Waals surface area (Å²) in [5.74, 6) is 0.641. The van der Waals surface area contributed by atoms with Gasteiger partial charge in [-0.25, -0.2) is 4.98 Å². The van der Waals surface area contributed by atoms with Crippen molar-refractivity contribution >= 4 is 28.4 Å². The highest BCUT2D eigenvalue weighted by molar-refractivity contribution is 5.83. The summed E-state index contributed by atoms with van der Waals surface area (Å²) in [7, 11) is 0. The third kappa shape index (κ3) is 3.85. The molecule has 0 aliphatic rings. The number of rotatable bonds is 6. The Bertz CT molecular complexity index is 599. The molecule has 5 heteroatoms. The maximum absolute atomic E-state index is 11.2. The third-order valence-corrected chi connectivity index (χ3v) is 2.88. The van der Waals surface area contributed by atoms with Crippen LogP contribution in [0.4, 0.5) is 11.5 Å². The third-order valence-electron chi connectivity index (χ3n) is 2.88. The van der Waals surface area contributed by atoms with Crippen molar-refractivity contribution in [3.8, 4) is 0 Å². The van der Waals surface area contributed by atoms with E-state index in [1.807, 2.05) is 37.3 Å². The van der Waals surface area contributed by atoms with Crippen LogP contribution in [-0.2, 0) is 9.53 Å². The molecule has 1 aromatic heterocycles. The Hall–Kier alpha value is -2.30. The number of anilines is 2. The summed E-state index contributed by atoms with van der Waals surface area (Å²) in [5, 5.41) is 4.21. The number of hydrogen-bond acceptors (Lipinski definition) is 5. The molecule has 3 N–H and O–H groups in total. The number of ether oxygens (including phenoxy) is 1. The van der Waals surface area contributed by atoms with Crippen LogP contribution in [0, 0.1) is 0 Å². The Kier molecular flexibility index (Phi) is 4.76. The van der Waals surface area contributed by atoms with Gasteiger partial charge < -0.3 is 15.8 Å². The lowest BCUT2D eigenvalue weighted by Crippen LogP contribution is -2.08. The van der Waals surface area contributed by atoms with E-state index >= 15 is 0 Å². The molecule has 2 rings (SSSR count). The molecular formula is C15H19N3O2. The number of carbonyl (C=O) groups excluding carboxylic acids is 1. The van der Waals surface area contributed by atoms with Gasteiger partial charge in [0.2, 0.25) is 0 Å². The summed E-state index contributed by atoms with van der Waals surface area (Å²) in [6.45, 7) is 2.93. The monoisotopic (exact) mass is 273 g/mol. The highest BCUT2D eigenvalue weighted by Crippen LogP contribution is 2.17. The smallest absolute Gasteiger partial charge is 0.305 e. The average Bonchev–Trinajstić information content (AvgIpc) is 2.44. The first-order chi connectivity index (χ1) is 9.69. The fourth-order valence-corrected chi connectivity index (χ4v) is 1.92. The van der Waals surface area contributed by atoms with Crippen molar-refractivity contribution in [2.75, 3.05) is 24.2 Å². The van der Waals surface area contributed by atoms with E-state index < -0.39 is 0 Å². The molecule has 0 bridgehead atoms. The number of nitrogens with two attached hydrogens (primary N) is 1. The number of nitrogens with one attached hydrogen (secondary N) is 1. The van der Waals surface area contributed by atoms with Crippen molar-refractivity contribution < 1.29 is 9.53 Å². The van der Waals surface area contributed by atoms with Crippen molar-refractivity contribution in [3.63, 3.8) is 0 Å². The number of aromatic nitrogens is 1. The summed E-state index contributed by atoms with van der Waals surface area (Å²) in [5.41, 5.74) is 7.35. The predicted molar refractivity (Wildman–Crippen MR) is 80.5 cm³/mol. The number of benzene rings is 1. The van der Waals surface area contributed by atoms with E-state index in [1.165, 1.54) is 0 Å². The molecule has 0 unspecified atom stereocenters. The molecule has 0 saturated carbocycles. The summed E-state index contributed by atoms with van der Waals surface area (Å²) in [4.78, 5) is 15.7. The quantitative estimate of drug-likeness (QED) is 0.480. The van der Waals surface area contributed by atoms with Crippen LogP contribution in [0.15, 0.2) is 30.3 Å². The molecule has 1 heterocycles. The molecule has 2 aromatic rings. The summed E-state index contributed by atoms with van der Waals surface area (Å²) in [6.07, 6.45) is 1.14. The van der Waals surface area contributed by atoms with Gasteiger partial charge in [-0.15, -0.1) is 0 Å². The van der Waals surface area contributed by atoms with Gasteiger partial charge in [0.15, 0.2) is 0 Å². The molecule has 0 aliphatic heterocycles. The normalized spacial score (nSPS) is 10.4. The van der Waals surface area contributed by atoms with E-state index in [2.05, 4.69) is 10.3 Å². The van der Waals surface area contributed by atoms with E-state index in [4.69, 9.17) is 10.5 Å². The van der Waals surface area contributed by atoms with Crippen LogP contribution < -0.4 is 11.1 Å². The first-order valence-electron chi connectivity index (χ1n) is 6.75. The molecule has 0 saturated heterocycles. The van der Waals surface area contributed by atoms with E-state index in [0.717, 1.165) is 28.8 Å². The van der Waals surface area contributed by atoms with Gasteiger partial charge in [-0.3, -0.25) is 4.79 Å². The zero-order valence-electron chi connectivity index (χ0n) is 11.6. The molecule has 0 amide bonds. The van der Waals surface area contributed by atoms with Crippen LogP contribution in [-0.4, -0.2) is 24.1 Å². The summed E-state index contributed by atoms with van der Waals surface area (Å²) in [6, 6.07) is 9.51. The lowest BCUT2D eigenvalue weighted by atomic mass is 10.2. The Morgan fingerprint density at radius 1 is 1.35 bits per heavy atom. The van der Waals surface area contributed by atoms with Gasteiger partial charge in [0.1, 0.15) is 5.82 Å². The molecule has 0 spiro atoms. The zero-order chi connectivity index (χ0) is 14.4. The maximum atomic E-state index is 11.2. The Labute approximate surface area is 118 Å². The van der Waals surface area contributed by atoms with Gasteiger partial charge in [0.25, 0.3) is 0 Å². The average molecular weight is 273 g/mol. The van der Waals surface area contributed by atoms with E-state index in [1.54, 1.807) is 0 Å². The van der Waals surface area contributed by atoms with Gasteiger partial charge in [-0.2, -0.15) is 0 Å². The Morgan fingerprint density at radius 2 is 2.20 bits per heavy atom. The minimum atomic E-state index is -0.156. The number of nitrogen functional groups attached to an aromatic ring is 1. The molecule has 20 heavy (non-hydrogen) atoms. The van der Waals surface area contributed by atoms with Crippen molar-refractivity contribution in [2.24, 2.45) is 0 Å². The largest absolute Gasteiger partial charge is 0.466 e. The molecule has 0 aliphatic carbocycles. The van der Waals surface area contributed by atoms with Crippen molar-refractivity contribution in [3.05, 3.63) is 30.3 Å². The number of nitrogens with zero attached hydrogens (tertiary/aromatic N) is 1. The first kappa shape index (κ1) is 14.1. The van der Waals surface area contributed by atoms with Crippen LogP contribution in [0.25, 0.3) is 10.9 Å². The van der Waals surface area contributed by atoms with E-state index in [0.29, 0.717) is 19.6 Å². The van der Waals surface area contributed by atoms with E-state index in [9.17, 15) is 4.79 Å². The SMILES string of the molecule is CCOC(=O)CCCNc1ccc2cc(N)ccc2n1. The number of carbonyl (C=O) groups is 1.